The highest BCUT2D eigenvalue weighted by atomic mass is 35.5. The molecule has 1 heterocycles. The van der Waals surface area contributed by atoms with Crippen molar-refractivity contribution < 1.29 is 4.79 Å². The van der Waals surface area contributed by atoms with Gasteiger partial charge in [-0.15, -0.1) is 12.4 Å². The second-order valence-electron chi connectivity index (χ2n) is 5.50. The molecule has 1 amide bonds. The number of carbonyl (C=O) groups is 1. The molecule has 1 aromatic carbocycles. The van der Waals surface area contributed by atoms with Crippen molar-refractivity contribution in [2.45, 2.75) is 39.2 Å². The van der Waals surface area contributed by atoms with Gasteiger partial charge in [-0.25, -0.2) is 0 Å². The first-order chi connectivity index (χ1) is 9.24. The number of hydrogen-bond donors (Lipinski definition) is 2. The quantitative estimate of drug-likeness (QED) is 0.877. The molecule has 1 saturated heterocycles. The molecule has 0 aliphatic carbocycles. The highest BCUT2D eigenvalue weighted by molar-refractivity contribution is 5.85. The Morgan fingerprint density at radius 3 is 2.80 bits per heavy atom. The smallest absolute Gasteiger partial charge is 0.220 e. The second kappa shape index (κ2) is 8.98. The van der Waals surface area contributed by atoms with Crippen molar-refractivity contribution in [1.29, 1.82) is 0 Å². The van der Waals surface area contributed by atoms with E-state index in [1.807, 2.05) is 6.07 Å². The van der Waals surface area contributed by atoms with Gasteiger partial charge < -0.3 is 10.6 Å². The Morgan fingerprint density at radius 2 is 2.10 bits per heavy atom. The van der Waals surface area contributed by atoms with E-state index < -0.39 is 0 Å². The van der Waals surface area contributed by atoms with Crippen molar-refractivity contribution >= 4 is 18.3 Å². The molecule has 3 nitrogen and oxygen atoms in total. The fourth-order valence-corrected chi connectivity index (χ4v) is 2.62. The largest absolute Gasteiger partial charge is 0.352 e. The van der Waals surface area contributed by atoms with Crippen LogP contribution in [-0.4, -0.2) is 19.0 Å². The topological polar surface area (TPSA) is 41.1 Å². The van der Waals surface area contributed by atoms with Gasteiger partial charge in [-0.1, -0.05) is 29.8 Å². The number of piperidine rings is 1. The first-order valence-electron chi connectivity index (χ1n) is 7.27. The van der Waals surface area contributed by atoms with E-state index in [2.05, 4.69) is 35.8 Å². The van der Waals surface area contributed by atoms with Gasteiger partial charge in [0.25, 0.3) is 0 Å². The number of hydrogen-bond acceptors (Lipinski definition) is 2. The maximum atomic E-state index is 11.8. The van der Waals surface area contributed by atoms with Crippen LogP contribution in [0.25, 0.3) is 0 Å². The van der Waals surface area contributed by atoms with E-state index in [0.717, 1.165) is 25.4 Å². The third-order valence-electron chi connectivity index (χ3n) is 3.81. The van der Waals surface area contributed by atoms with Crippen LogP contribution < -0.4 is 10.6 Å². The molecule has 1 aromatic rings. The van der Waals surface area contributed by atoms with Crippen LogP contribution in [0.3, 0.4) is 0 Å². The molecule has 1 aliphatic heterocycles. The third kappa shape index (κ3) is 5.93. The van der Waals surface area contributed by atoms with E-state index in [-0.39, 0.29) is 18.3 Å². The first kappa shape index (κ1) is 17.0. The van der Waals surface area contributed by atoms with Gasteiger partial charge >= 0.3 is 0 Å². The Hall–Kier alpha value is -1.06. The number of rotatable bonds is 5. The number of benzene rings is 1. The molecule has 0 saturated carbocycles. The van der Waals surface area contributed by atoms with Crippen LogP contribution in [0.15, 0.2) is 24.3 Å². The van der Waals surface area contributed by atoms with Crippen LogP contribution in [0.2, 0.25) is 0 Å². The van der Waals surface area contributed by atoms with Crippen molar-refractivity contribution in [3.63, 3.8) is 0 Å². The van der Waals surface area contributed by atoms with Gasteiger partial charge in [-0.3, -0.25) is 4.79 Å². The molecule has 4 heteroatoms. The Balaban J connectivity index is 0.00000200. The standard InChI is InChI=1S/C16H24N2O.ClH/c1-13-3-2-4-15(11-13)12-18-16(19)6-5-14-7-9-17-10-8-14;/h2-4,11,14,17H,5-10,12H2,1H3,(H,18,19);1H. The van der Waals surface area contributed by atoms with E-state index in [4.69, 9.17) is 0 Å². The predicted molar refractivity (Wildman–Crippen MR) is 85.1 cm³/mol. The molecule has 20 heavy (non-hydrogen) atoms. The highest BCUT2D eigenvalue weighted by Crippen LogP contribution is 2.17. The average Bonchev–Trinajstić information content (AvgIpc) is 2.44. The van der Waals surface area contributed by atoms with Gasteiger partial charge in [0, 0.05) is 13.0 Å². The van der Waals surface area contributed by atoms with Crippen LogP contribution in [0.4, 0.5) is 0 Å². The zero-order valence-corrected chi connectivity index (χ0v) is 13.0. The SMILES string of the molecule is Cc1cccc(CNC(=O)CCC2CCNCC2)c1.Cl. The van der Waals surface area contributed by atoms with E-state index in [1.54, 1.807) is 0 Å². The number of amides is 1. The van der Waals surface area contributed by atoms with Gasteiger partial charge in [0.2, 0.25) is 5.91 Å². The normalized spacial score (nSPS) is 15.4. The predicted octanol–water partition coefficient (Wildman–Crippen LogP) is 2.81. The number of aryl methyl sites for hydroxylation is 1. The lowest BCUT2D eigenvalue weighted by Gasteiger charge is -2.22. The lowest BCUT2D eigenvalue weighted by Crippen LogP contribution is -2.29. The molecule has 1 fully saturated rings. The molecule has 0 unspecified atom stereocenters. The van der Waals surface area contributed by atoms with Crippen LogP contribution >= 0.6 is 12.4 Å². The maximum absolute atomic E-state index is 11.8. The van der Waals surface area contributed by atoms with Gasteiger partial charge in [0.05, 0.1) is 0 Å². The minimum atomic E-state index is 0. The second-order valence-corrected chi connectivity index (χ2v) is 5.50. The summed E-state index contributed by atoms with van der Waals surface area (Å²) >= 11 is 0. The molecular weight excluding hydrogens is 272 g/mol. The lowest BCUT2D eigenvalue weighted by atomic mass is 9.93. The van der Waals surface area contributed by atoms with Gasteiger partial charge in [-0.2, -0.15) is 0 Å². The Labute approximate surface area is 127 Å². The number of carbonyl (C=O) groups excluding carboxylic acids is 1. The number of halogens is 1. The summed E-state index contributed by atoms with van der Waals surface area (Å²) in [6.07, 6.45) is 4.12. The zero-order valence-electron chi connectivity index (χ0n) is 12.2. The summed E-state index contributed by atoms with van der Waals surface area (Å²) in [7, 11) is 0. The third-order valence-corrected chi connectivity index (χ3v) is 3.81. The minimum Gasteiger partial charge on any atom is -0.352 e. The van der Waals surface area contributed by atoms with Crippen molar-refractivity contribution in [2.75, 3.05) is 13.1 Å². The van der Waals surface area contributed by atoms with Crippen molar-refractivity contribution in [1.82, 2.24) is 10.6 Å². The summed E-state index contributed by atoms with van der Waals surface area (Å²) in [5.41, 5.74) is 2.41. The minimum absolute atomic E-state index is 0. The van der Waals surface area contributed by atoms with E-state index in [9.17, 15) is 4.79 Å². The molecule has 0 aromatic heterocycles. The molecule has 0 spiro atoms. The number of nitrogens with one attached hydrogen (secondary N) is 2. The summed E-state index contributed by atoms with van der Waals surface area (Å²) in [4.78, 5) is 11.8. The maximum Gasteiger partial charge on any atom is 0.220 e. The molecule has 2 N–H and O–H groups in total. The van der Waals surface area contributed by atoms with E-state index >= 15 is 0 Å². The zero-order chi connectivity index (χ0) is 13.5. The highest BCUT2D eigenvalue weighted by Gasteiger charge is 2.14. The molecule has 0 atom stereocenters. The van der Waals surface area contributed by atoms with Crippen LogP contribution in [-0.2, 0) is 11.3 Å². The molecule has 0 radical (unpaired) electrons. The van der Waals surface area contributed by atoms with Crippen LogP contribution in [0, 0.1) is 12.8 Å². The van der Waals surface area contributed by atoms with Crippen molar-refractivity contribution in [3.05, 3.63) is 35.4 Å². The van der Waals surface area contributed by atoms with Gasteiger partial charge in [0.1, 0.15) is 0 Å². The lowest BCUT2D eigenvalue weighted by molar-refractivity contribution is -0.121. The Morgan fingerprint density at radius 1 is 1.35 bits per heavy atom. The molecule has 1 aliphatic rings. The summed E-state index contributed by atoms with van der Waals surface area (Å²) in [5.74, 6) is 0.908. The van der Waals surface area contributed by atoms with Crippen LogP contribution in [0.5, 0.6) is 0 Å². The van der Waals surface area contributed by atoms with Crippen molar-refractivity contribution in [3.8, 4) is 0 Å². The fraction of sp³-hybridized carbons (Fsp3) is 0.562. The average molecular weight is 297 g/mol. The van der Waals surface area contributed by atoms with E-state index in [0.29, 0.717) is 13.0 Å². The van der Waals surface area contributed by atoms with Crippen molar-refractivity contribution in [2.24, 2.45) is 5.92 Å². The summed E-state index contributed by atoms with van der Waals surface area (Å²) < 4.78 is 0. The Kier molecular flexibility index (Phi) is 7.63. The van der Waals surface area contributed by atoms with Gasteiger partial charge in [-0.05, 0) is 50.8 Å². The summed E-state index contributed by atoms with van der Waals surface area (Å²) in [6.45, 7) is 4.93. The fourth-order valence-electron chi connectivity index (χ4n) is 2.62. The Bertz CT molecular complexity index is 417. The molecule has 2 rings (SSSR count). The molecular formula is C16H25ClN2O. The molecule has 0 bridgehead atoms. The van der Waals surface area contributed by atoms with Gasteiger partial charge in [0.15, 0.2) is 0 Å². The van der Waals surface area contributed by atoms with E-state index in [1.165, 1.54) is 24.0 Å². The van der Waals surface area contributed by atoms with Crippen LogP contribution in [0.1, 0.15) is 36.8 Å². The molecule has 112 valence electrons. The summed E-state index contributed by atoms with van der Waals surface area (Å²) in [5, 5.41) is 6.36. The first-order valence-corrected chi connectivity index (χ1v) is 7.27. The summed E-state index contributed by atoms with van der Waals surface area (Å²) in [6, 6.07) is 8.28. The monoisotopic (exact) mass is 296 g/mol.